The average Bonchev–Trinajstić information content (AvgIpc) is 2.81. The van der Waals surface area contributed by atoms with Crippen LogP contribution in [0.2, 0.25) is 5.02 Å². The molecule has 0 radical (unpaired) electrons. The largest absolute Gasteiger partial charge is 0.459 e. The molecule has 19 heavy (non-hydrogen) atoms. The number of fused-ring (bicyclic) bond motifs is 1. The van der Waals surface area contributed by atoms with Gasteiger partial charge in [-0.15, -0.1) is 0 Å². The first-order valence-corrected chi connectivity index (χ1v) is 6.21. The van der Waals surface area contributed by atoms with Crippen molar-refractivity contribution in [2.75, 3.05) is 0 Å². The summed E-state index contributed by atoms with van der Waals surface area (Å²) in [6.45, 7) is 0. The minimum Gasteiger partial charge on any atom is -0.459 e. The van der Waals surface area contributed by atoms with E-state index in [0.29, 0.717) is 10.8 Å². The molecule has 0 saturated heterocycles. The molecule has 0 aliphatic rings. The Bertz CT molecular complexity index is 721. The van der Waals surface area contributed by atoms with E-state index < -0.39 is 6.04 Å². The summed E-state index contributed by atoms with van der Waals surface area (Å²) < 4.78 is 18.6. The van der Waals surface area contributed by atoms with E-state index in [-0.39, 0.29) is 5.82 Å². The van der Waals surface area contributed by atoms with E-state index in [0.717, 1.165) is 16.5 Å². The second kappa shape index (κ2) is 4.68. The summed E-state index contributed by atoms with van der Waals surface area (Å²) >= 11 is 5.93. The quantitative estimate of drug-likeness (QED) is 0.758. The molecule has 96 valence electrons. The molecule has 0 saturated carbocycles. The van der Waals surface area contributed by atoms with Crippen molar-refractivity contribution >= 4 is 22.6 Å². The van der Waals surface area contributed by atoms with Gasteiger partial charge in [0.05, 0.1) is 6.04 Å². The van der Waals surface area contributed by atoms with Crippen LogP contribution in [0.3, 0.4) is 0 Å². The Kier molecular flexibility index (Phi) is 3.01. The molecule has 1 heterocycles. The van der Waals surface area contributed by atoms with Crippen LogP contribution in [-0.2, 0) is 0 Å². The van der Waals surface area contributed by atoms with Gasteiger partial charge in [0, 0.05) is 10.4 Å². The molecule has 0 aliphatic carbocycles. The summed E-state index contributed by atoms with van der Waals surface area (Å²) in [6.07, 6.45) is 0. The number of nitrogens with two attached hydrogens (primary N) is 1. The van der Waals surface area contributed by atoms with Crippen molar-refractivity contribution < 1.29 is 8.81 Å². The van der Waals surface area contributed by atoms with Gasteiger partial charge in [-0.3, -0.25) is 0 Å². The number of hydrogen-bond acceptors (Lipinski definition) is 2. The Hall–Kier alpha value is -1.84. The molecule has 1 atom stereocenters. The minimum atomic E-state index is -0.424. The molecule has 0 aliphatic heterocycles. The highest BCUT2D eigenvalue weighted by molar-refractivity contribution is 6.31. The highest BCUT2D eigenvalue weighted by Gasteiger charge is 2.14. The monoisotopic (exact) mass is 275 g/mol. The third-order valence-corrected chi connectivity index (χ3v) is 3.27. The first-order valence-electron chi connectivity index (χ1n) is 5.83. The van der Waals surface area contributed by atoms with E-state index in [2.05, 4.69) is 0 Å². The Morgan fingerprint density at radius 1 is 1.05 bits per heavy atom. The maximum Gasteiger partial charge on any atom is 0.134 e. The fourth-order valence-corrected chi connectivity index (χ4v) is 2.20. The number of halogens is 2. The Morgan fingerprint density at radius 2 is 1.79 bits per heavy atom. The first kappa shape index (κ1) is 12.2. The van der Waals surface area contributed by atoms with Crippen LogP contribution >= 0.6 is 11.6 Å². The van der Waals surface area contributed by atoms with Crippen LogP contribution in [-0.4, -0.2) is 0 Å². The van der Waals surface area contributed by atoms with Gasteiger partial charge in [0.25, 0.3) is 0 Å². The van der Waals surface area contributed by atoms with Crippen molar-refractivity contribution in [3.63, 3.8) is 0 Å². The summed E-state index contributed by atoms with van der Waals surface area (Å²) in [7, 11) is 0. The molecule has 0 fully saturated rings. The summed E-state index contributed by atoms with van der Waals surface area (Å²) in [5.74, 6) is 0.344. The zero-order chi connectivity index (χ0) is 13.4. The molecule has 0 bridgehead atoms. The maximum absolute atomic E-state index is 12.9. The predicted molar refractivity (Wildman–Crippen MR) is 73.7 cm³/mol. The highest BCUT2D eigenvalue weighted by atomic mass is 35.5. The van der Waals surface area contributed by atoms with Gasteiger partial charge < -0.3 is 10.2 Å². The van der Waals surface area contributed by atoms with Crippen molar-refractivity contribution in [3.05, 3.63) is 70.7 Å². The van der Waals surface area contributed by atoms with E-state index >= 15 is 0 Å². The second-order valence-electron chi connectivity index (χ2n) is 4.36. The van der Waals surface area contributed by atoms with Crippen LogP contribution < -0.4 is 5.73 Å². The van der Waals surface area contributed by atoms with E-state index in [1.807, 2.05) is 12.1 Å². The number of rotatable bonds is 2. The summed E-state index contributed by atoms with van der Waals surface area (Å²) in [5.41, 5.74) is 7.65. The average molecular weight is 276 g/mol. The molecule has 4 heteroatoms. The summed E-state index contributed by atoms with van der Waals surface area (Å²) in [6, 6.07) is 12.9. The van der Waals surface area contributed by atoms with Crippen molar-refractivity contribution in [2.24, 2.45) is 5.73 Å². The third-order valence-electron chi connectivity index (χ3n) is 3.03. The standard InChI is InChI=1S/C15H11ClFNO/c16-11-3-6-13-10(7-11)8-14(19-13)15(18)9-1-4-12(17)5-2-9/h1-8,15H,18H2. The van der Waals surface area contributed by atoms with Gasteiger partial charge in [0.1, 0.15) is 17.2 Å². The molecule has 3 rings (SSSR count). The van der Waals surface area contributed by atoms with Gasteiger partial charge in [-0.2, -0.15) is 0 Å². The zero-order valence-corrected chi connectivity index (χ0v) is 10.7. The van der Waals surface area contributed by atoms with Crippen LogP contribution in [0.1, 0.15) is 17.4 Å². The lowest BCUT2D eigenvalue weighted by Crippen LogP contribution is -2.10. The molecule has 2 N–H and O–H groups in total. The van der Waals surface area contributed by atoms with Gasteiger partial charge in [-0.05, 0) is 42.0 Å². The predicted octanol–water partition coefficient (Wildman–Crippen LogP) is 4.27. The summed E-state index contributed by atoms with van der Waals surface area (Å²) in [4.78, 5) is 0. The molecular weight excluding hydrogens is 265 g/mol. The number of hydrogen-bond donors (Lipinski definition) is 1. The fraction of sp³-hybridized carbons (Fsp3) is 0.0667. The van der Waals surface area contributed by atoms with Gasteiger partial charge in [-0.1, -0.05) is 23.7 Å². The minimum absolute atomic E-state index is 0.285. The van der Waals surface area contributed by atoms with Crippen molar-refractivity contribution in [3.8, 4) is 0 Å². The Labute approximate surface area is 114 Å². The van der Waals surface area contributed by atoms with Crippen LogP contribution in [0, 0.1) is 5.82 Å². The third kappa shape index (κ3) is 2.35. The zero-order valence-electron chi connectivity index (χ0n) is 9.94. The lowest BCUT2D eigenvalue weighted by atomic mass is 10.1. The number of benzene rings is 2. The molecule has 1 unspecified atom stereocenters. The smallest absolute Gasteiger partial charge is 0.134 e. The van der Waals surface area contributed by atoms with E-state index in [4.69, 9.17) is 21.8 Å². The van der Waals surface area contributed by atoms with Crippen molar-refractivity contribution in [1.29, 1.82) is 0 Å². The van der Waals surface area contributed by atoms with Crippen LogP contribution in [0.25, 0.3) is 11.0 Å². The van der Waals surface area contributed by atoms with Gasteiger partial charge >= 0.3 is 0 Å². The molecule has 0 amide bonds. The molecule has 2 nitrogen and oxygen atoms in total. The normalized spacial score (nSPS) is 12.8. The molecule has 2 aromatic carbocycles. The van der Waals surface area contributed by atoms with Gasteiger partial charge in [0.15, 0.2) is 0 Å². The van der Waals surface area contributed by atoms with Crippen LogP contribution in [0.4, 0.5) is 4.39 Å². The Balaban J connectivity index is 2.01. The fourth-order valence-electron chi connectivity index (χ4n) is 2.02. The molecular formula is C15H11ClFNO. The highest BCUT2D eigenvalue weighted by Crippen LogP contribution is 2.28. The first-order chi connectivity index (χ1) is 9.13. The van der Waals surface area contributed by atoms with Crippen LogP contribution in [0.5, 0.6) is 0 Å². The van der Waals surface area contributed by atoms with Crippen LogP contribution in [0.15, 0.2) is 52.9 Å². The lowest BCUT2D eigenvalue weighted by molar-refractivity contribution is 0.524. The molecule has 3 aromatic rings. The number of furan rings is 1. The summed E-state index contributed by atoms with van der Waals surface area (Å²) in [5, 5.41) is 1.55. The van der Waals surface area contributed by atoms with Crippen molar-refractivity contribution in [1.82, 2.24) is 0 Å². The molecule has 1 aromatic heterocycles. The SMILES string of the molecule is NC(c1ccc(F)cc1)c1cc2cc(Cl)ccc2o1. The van der Waals surface area contributed by atoms with Gasteiger partial charge in [0.2, 0.25) is 0 Å². The topological polar surface area (TPSA) is 39.2 Å². The molecule has 0 spiro atoms. The van der Waals surface area contributed by atoms with Gasteiger partial charge in [-0.25, -0.2) is 4.39 Å². The Morgan fingerprint density at radius 3 is 2.53 bits per heavy atom. The maximum atomic E-state index is 12.9. The second-order valence-corrected chi connectivity index (χ2v) is 4.80. The van der Waals surface area contributed by atoms with E-state index in [1.54, 1.807) is 24.3 Å². The van der Waals surface area contributed by atoms with Crippen molar-refractivity contribution in [2.45, 2.75) is 6.04 Å². The van der Waals surface area contributed by atoms with E-state index in [9.17, 15) is 4.39 Å². The lowest BCUT2D eigenvalue weighted by Gasteiger charge is -2.08. The van der Waals surface area contributed by atoms with E-state index in [1.165, 1.54) is 12.1 Å².